The second-order valence-corrected chi connectivity index (χ2v) is 5.92. The molecule has 1 aromatic carbocycles. The predicted molar refractivity (Wildman–Crippen MR) is 75.8 cm³/mol. The number of halogens is 2. The zero-order valence-corrected chi connectivity index (χ0v) is 12.7. The summed E-state index contributed by atoms with van der Waals surface area (Å²) in [7, 11) is 0. The van der Waals surface area contributed by atoms with Crippen LogP contribution in [0.3, 0.4) is 0 Å². The van der Waals surface area contributed by atoms with Gasteiger partial charge in [0.05, 0.1) is 5.56 Å². The van der Waals surface area contributed by atoms with E-state index in [-0.39, 0.29) is 11.7 Å². The van der Waals surface area contributed by atoms with Gasteiger partial charge in [0.15, 0.2) is 0 Å². The van der Waals surface area contributed by atoms with Crippen LogP contribution in [0, 0.1) is 0 Å². The standard InChI is InChI=1S/C12H15Br2NO2/c1-2-8(13)5-6-15-12(17)10-7-9(14)3-4-11(10)16/h3-4,7-8,16H,2,5-6H2,1H3,(H,15,17). The van der Waals surface area contributed by atoms with Crippen molar-refractivity contribution in [2.75, 3.05) is 6.54 Å². The lowest BCUT2D eigenvalue weighted by Gasteiger charge is -2.09. The van der Waals surface area contributed by atoms with Crippen molar-refractivity contribution in [1.29, 1.82) is 0 Å². The number of amides is 1. The first-order valence-electron chi connectivity index (χ1n) is 5.45. The van der Waals surface area contributed by atoms with Crippen molar-refractivity contribution in [1.82, 2.24) is 5.32 Å². The van der Waals surface area contributed by atoms with E-state index in [1.807, 2.05) is 0 Å². The number of benzene rings is 1. The van der Waals surface area contributed by atoms with Crippen molar-refractivity contribution in [2.45, 2.75) is 24.6 Å². The Kier molecular flexibility index (Phi) is 5.98. The third-order valence-electron chi connectivity index (χ3n) is 2.39. The Morgan fingerprint density at radius 1 is 1.53 bits per heavy atom. The van der Waals surface area contributed by atoms with Crippen LogP contribution in [0.5, 0.6) is 5.75 Å². The highest BCUT2D eigenvalue weighted by Gasteiger charge is 2.11. The summed E-state index contributed by atoms with van der Waals surface area (Å²) < 4.78 is 0.771. The van der Waals surface area contributed by atoms with Crippen LogP contribution in [0.1, 0.15) is 30.1 Å². The van der Waals surface area contributed by atoms with E-state index in [4.69, 9.17) is 0 Å². The van der Waals surface area contributed by atoms with E-state index < -0.39 is 0 Å². The molecule has 0 aliphatic rings. The van der Waals surface area contributed by atoms with E-state index >= 15 is 0 Å². The number of carbonyl (C=O) groups is 1. The van der Waals surface area contributed by atoms with Crippen LogP contribution in [0.25, 0.3) is 0 Å². The summed E-state index contributed by atoms with van der Waals surface area (Å²) in [5.41, 5.74) is 0.294. The van der Waals surface area contributed by atoms with E-state index in [2.05, 4.69) is 44.1 Å². The number of alkyl halides is 1. The summed E-state index contributed by atoms with van der Waals surface area (Å²) >= 11 is 6.77. The van der Waals surface area contributed by atoms with Crippen molar-refractivity contribution < 1.29 is 9.90 Å². The molecule has 0 spiro atoms. The van der Waals surface area contributed by atoms with E-state index in [0.717, 1.165) is 17.3 Å². The van der Waals surface area contributed by atoms with Crippen LogP contribution in [-0.2, 0) is 0 Å². The maximum Gasteiger partial charge on any atom is 0.255 e. The molecule has 0 saturated heterocycles. The van der Waals surface area contributed by atoms with Crippen molar-refractivity contribution in [2.24, 2.45) is 0 Å². The molecule has 1 unspecified atom stereocenters. The third-order valence-corrected chi connectivity index (χ3v) is 3.99. The normalized spacial score (nSPS) is 12.2. The molecule has 0 aliphatic heterocycles. The minimum absolute atomic E-state index is 0.00316. The molecule has 0 aromatic heterocycles. The van der Waals surface area contributed by atoms with Crippen LogP contribution >= 0.6 is 31.9 Å². The van der Waals surface area contributed by atoms with Gasteiger partial charge in [-0.1, -0.05) is 38.8 Å². The molecule has 3 nitrogen and oxygen atoms in total. The quantitative estimate of drug-likeness (QED) is 0.786. The minimum Gasteiger partial charge on any atom is -0.507 e. The van der Waals surface area contributed by atoms with Gasteiger partial charge in [-0.2, -0.15) is 0 Å². The summed E-state index contributed by atoms with van der Waals surface area (Å²) in [6.45, 7) is 2.68. The summed E-state index contributed by atoms with van der Waals surface area (Å²) in [5, 5.41) is 12.4. The van der Waals surface area contributed by atoms with Gasteiger partial charge in [0.2, 0.25) is 0 Å². The van der Waals surface area contributed by atoms with Gasteiger partial charge in [-0.05, 0) is 31.0 Å². The molecule has 1 rings (SSSR count). The third kappa shape index (κ3) is 4.68. The van der Waals surface area contributed by atoms with Crippen LogP contribution < -0.4 is 5.32 Å². The van der Waals surface area contributed by atoms with Crippen molar-refractivity contribution in [3.8, 4) is 5.75 Å². The number of hydrogen-bond donors (Lipinski definition) is 2. The molecule has 0 saturated carbocycles. The number of aromatic hydroxyl groups is 1. The lowest BCUT2D eigenvalue weighted by atomic mass is 10.2. The van der Waals surface area contributed by atoms with Gasteiger partial charge >= 0.3 is 0 Å². The summed E-state index contributed by atoms with van der Waals surface area (Å²) in [4.78, 5) is 12.2. The molecule has 0 radical (unpaired) electrons. The van der Waals surface area contributed by atoms with E-state index in [0.29, 0.717) is 16.9 Å². The highest BCUT2D eigenvalue weighted by atomic mass is 79.9. The second-order valence-electron chi connectivity index (χ2n) is 3.71. The molecular weight excluding hydrogens is 350 g/mol. The molecule has 2 N–H and O–H groups in total. The summed E-state index contributed by atoms with van der Waals surface area (Å²) in [6, 6.07) is 4.80. The Labute approximate surface area is 118 Å². The SMILES string of the molecule is CCC(Br)CCNC(=O)c1cc(Br)ccc1O. The van der Waals surface area contributed by atoms with Crippen molar-refractivity contribution in [3.05, 3.63) is 28.2 Å². The lowest BCUT2D eigenvalue weighted by Crippen LogP contribution is -2.26. The molecule has 0 fully saturated rings. The molecule has 0 heterocycles. The topological polar surface area (TPSA) is 49.3 Å². The monoisotopic (exact) mass is 363 g/mol. The Morgan fingerprint density at radius 3 is 2.88 bits per heavy atom. The Hall–Kier alpha value is -0.550. The van der Waals surface area contributed by atoms with E-state index in [9.17, 15) is 9.90 Å². The average Bonchev–Trinajstić information content (AvgIpc) is 2.31. The Balaban J connectivity index is 2.55. The molecular formula is C12H15Br2NO2. The number of hydrogen-bond acceptors (Lipinski definition) is 2. The number of phenolic OH excluding ortho intramolecular Hbond substituents is 1. The number of carbonyl (C=O) groups excluding carboxylic acids is 1. The molecule has 1 atom stereocenters. The number of phenols is 1. The maximum absolute atomic E-state index is 11.8. The fourth-order valence-electron chi connectivity index (χ4n) is 1.33. The Bertz CT molecular complexity index is 396. The van der Waals surface area contributed by atoms with Gasteiger partial charge in [-0.15, -0.1) is 0 Å². The smallest absolute Gasteiger partial charge is 0.255 e. The lowest BCUT2D eigenvalue weighted by molar-refractivity contribution is 0.0950. The van der Waals surface area contributed by atoms with Crippen molar-refractivity contribution >= 4 is 37.8 Å². The number of nitrogens with one attached hydrogen (secondary N) is 1. The van der Waals surface area contributed by atoms with Gasteiger partial charge in [0.25, 0.3) is 5.91 Å². The predicted octanol–water partition coefficient (Wildman–Crippen LogP) is 3.45. The molecule has 17 heavy (non-hydrogen) atoms. The Morgan fingerprint density at radius 2 is 2.24 bits per heavy atom. The van der Waals surface area contributed by atoms with Crippen LogP contribution in [0.15, 0.2) is 22.7 Å². The average molecular weight is 365 g/mol. The highest BCUT2D eigenvalue weighted by molar-refractivity contribution is 9.10. The largest absolute Gasteiger partial charge is 0.507 e. The van der Waals surface area contributed by atoms with Crippen molar-refractivity contribution in [3.63, 3.8) is 0 Å². The zero-order valence-electron chi connectivity index (χ0n) is 9.54. The maximum atomic E-state index is 11.8. The van der Waals surface area contributed by atoms with Crippen LogP contribution in [0.2, 0.25) is 0 Å². The fourth-order valence-corrected chi connectivity index (χ4v) is 1.92. The van der Waals surface area contributed by atoms with Gasteiger partial charge in [0, 0.05) is 15.8 Å². The van der Waals surface area contributed by atoms with Crippen LogP contribution in [-0.4, -0.2) is 22.4 Å². The molecule has 1 amide bonds. The molecule has 1 aromatic rings. The van der Waals surface area contributed by atoms with Gasteiger partial charge in [-0.3, -0.25) is 4.79 Å². The van der Waals surface area contributed by atoms with E-state index in [1.165, 1.54) is 6.07 Å². The minimum atomic E-state index is -0.250. The van der Waals surface area contributed by atoms with E-state index in [1.54, 1.807) is 12.1 Å². The summed E-state index contributed by atoms with van der Waals surface area (Å²) in [6.07, 6.45) is 1.90. The number of rotatable bonds is 5. The van der Waals surface area contributed by atoms with Gasteiger partial charge in [-0.25, -0.2) is 0 Å². The first-order chi connectivity index (χ1) is 8.04. The second kappa shape index (κ2) is 7.01. The molecule has 94 valence electrons. The zero-order chi connectivity index (χ0) is 12.8. The summed E-state index contributed by atoms with van der Waals surface area (Å²) in [5.74, 6) is -0.254. The first-order valence-corrected chi connectivity index (χ1v) is 7.16. The fraction of sp³-hybridized carbons (Fsp3) is 0.417. The molecule has 5 heteroatoms. The van der Waals surface area contributed by atoms with Gasteiger partial charge in [0.1, 0.15) is 5.75 Å². The molecule has 0 aliphatic carbocycles. The first kappa shape index (κ1) is 14.5. The molecule has 0 bridgehead atoms. The van der Waals surface area contributed by atoms with Crippen LogP contribution in [0.4, 0.5) is 0 Å². The highest BCUT2D eigenvalue weighted by Crippen LogP contribution is 2.21. The van der Waals surface area contributed by atoms with Gasteiger partial charge < -0.3 is 10.4 Å².